The van der Waals surface area contributed by atoms with Crippen molar-refractivity contribution < 1.29 is 0 Å². The Kier molecular flexibility index (Phi) is 5.58. The Morgan fingerprint density at radius 2 is 1.80 bits per heavy atom. The molecule has 0 aliphatic heterocycles. The van der Waals surface area contributed by atoms with Gasteiger partial charge in [0, 0.05) is 30.1 Å². The van der Waals surface area contributed by atoms with Crippen LogP contribution in [0.15, 0.2) is 40.9 Å². The molecule has 0 saturated heterocycles. The highest BCUT2D eigenvalue weighted by molar-refractivity contribution is 9.10. The lowest BCUT2D eigenvalue weighted by Gasteiger charge is -2.18. The van der Waals surface area contributed by atoms with Crippen molar-refractivity contribution in [1.29, 1.82) is 0 Å². The van der Waals surface area contributed by atoms with Gasteiger partial charge in [0.1, 0.15) is 0 Å². The Morgan fingerprint density at radius 1 is 1.10 bits per heavy atom. The van der Waals surface area contributed by atoms with Crippen LogP contribution in [0.25, 0.3) is 10.8 Å². The van der Waals surface area contributed by atoms with E-state index in [1.54, 1.807) is 0 Å². The number of rotatable bonds is 6. The molecule has 2 nitrogen and oxygen atoms in total. The fourth-order valence-electron chi connectivity index (χ4n) is 2.30. The number of hydrogen-bond acceptors (Lipinski definition) is 2. The number of nitrogens with one attached hydrogen (secondary N) is 1. The van der Waals surface area contributed by atoms with E-state index in [0.29, 0.717) is 6.04 Å². The van der Waals surface area contributed by atoms with Gasteiger partial charge in [0.2, 0.25) is 0 Å². The summed E-state index contributed by atoms with van der Waals surface area (Å²) in [7, 11) is 2.17. The Labute approximate surface area is 130 Å². The molecule has 2 aromatic rings. The molecule has 1 N–H and O–H groups in total. The van der Waals surface area contributed by atoms with Gasteiger partial charge in [-0.25, -0.2) is 0 Å². The summed E-state index contributed by atoms with van der Waals surface area (Å²) >= 11 is 3.52. The molecule has 0 aromatic heterocycles. The summed E-state index contributed by atoms with van der Waals surface area (Å²) in [5, 5.41) is 6.04. The summed E-state index contributed by atoms with van der Waals surface area (Å²) in [6, 6.07) is 13.7. The van der Waals surface area contributed by atoms with E-state index in [1.165, 1.54) is 16.3 Å². The first kappa shape index (κ1) is 15.5. The molecule has 108 valence electrons. The first-order valence-electron chi connectivity index (χ1n) is 7.15. The Morgan fingerprint density at radius 3 is 2.55 bits per heavy atom. The van der Waals surface area contributed by atoms with Crippen molar-refractivity contribution in [3.63, 3.8) is 0 Å². The third-order valence-corrected chi connectivity index (χ3v) is 3.86. The van der Waals surface area contributed by atoms with E-state index in [4.69, 9.17) is 0 Å². The van der Waals surface area contributed by atoms with E-state index in [2.05, 4.69) is 83.4 Å². The van der Waals surface area contributed by atoms with Crippen LogP contribution in [-0.4, -0.2) is 31.1 Å². The van der Waals surface area contributed by atoms with Crippen LogP contribution in [0.5, 0.6) is 0 Å². The lowest BCUT2D eigenvalue weighted by atomic mass is 10.1. The average molecular weight is 335 g/mol. The van der Waals surface area contributed by atoms with Gasteiger partial charge in [-0.15, -0.1) is 0 Å². The minimum absolute atomic E-state index is 0.558. The minimum atomic E-state index is 0.558. The van der Waals surface area contributed by atoms with Crippen molar-refractivity contribution in [1.82, 2.24) is 10.2 Å². The van der Waals surface area contributed by atoms with Crippen molar-refractivity contribution in [3.05, 3.63) is 46.4 Å². The quantitative estimate of drug-likeness (QED) is 0.857. The zero-order valence-corrected chi connectivity index (χ0v) is 14.1. The first-order chi connectivity index (χ1) is 9.54. The van der Waals surface area contributed by atoms with Crippen LogP contribution in [0, 0.1) is 0 Å². The summed E-state index contributed by atoms with van der Waals surface area (Å²) in [4.78, 5) is 2.36. The molecule has 0 bridgehead atoms. The van der Waals surface area contributed by atoms with Gasteiger partial charge in [-0.3, -0.25) is 0 Å². The second kappa shape index (κ2) is 7.21. The van der Waals surface area contributed by atoms with Gasteiger partial charge in [0.25, 0.3) is 0 Å². The molecule has 0 heterocycles. The largest absolute Gasteiger partial charge is 0.313 e. The molecule has 0 fully saturated rings. The fraction of sp³-hybridized carbons (Fsp3) is 0.412. The third kappa shape index (κ3) is 4.58. The lowest BCUT2D eigenvalue weighted by molar-refractivity contribution is 0.320. The van der Waals surface area contributed by atoms with E-state index < -0.39 is 0 Å². The summed E-state index contributed by atoms with van der Waals surface area (Å²) in [5.41, 5.74) is 1.37. The van der Waals surface area contributed by atoms with Gasteiger partial charge in [-0.2, -0.15) is 0 Å². The van der Waals surface area contributed by atoms with Crippen LogP contribution >= 0.6 is 15.9 Å². The molecule has 0 radical (unpaired) electrons. The molecule has 20 heavy (non-hydrogen) atoms. The molecule has 0 spiro atoms. The van der Waals surface area contributed by atoms with E-state index in [-0.39, 0.29) is 0 Å². The van der Waals surface area contributed by atoms with Crippen LogP contribution in [-0.2, 0) is 6.54 Å². The number of hydrogen-bond donors (Lipinski definition) is 1. The molecular weight excluding hydrogens is 312 g/mol. The molecule has 0 saturated carbocycles. The second-order valence-corrected chi connectivity index (χ2v) is 6.59. The van der Waals surface area contributed by atoms with Crippen molar-refractivity contribution >= 4 is 26.7 Å². The van der Waals surface area contributed by atoms with E-state index in [0.717, 1.165) is 24.1 Å². The highest BCUT2D eigenvalue weighted by atomic mass is 79.9. The van der Waals surface area contributed by atoms with Gasteiger partial charge in [0.05, 0.1) is 0 Å². The van der Waals surface area contributed by atoms with E-state index in [1.807, 2.05) is 0 Å². The SMILES string of the molecule is CC(C)NCCN(C)Cc1ccc2cc(Br)ccc2c1. The van der Waals surface area contributed by atoms with Crippen molar-refractivity contribution in [2.75, 3.05) is 20.1 Å². The first-order valence-corrected chi connectivity index (χ1v) is 7.94. The summed E-state index contributed by atoms with van der Waals surface area (Å²) in [5.74, 6) is 0. The smallest absolute Gasteiger partial charge is 0.0231 e. The van der Waals surface area contributed by atoms with Gasteiger partial charge in [-0.1, -0.05) is 48.0 Å². The molecule has 0 aliphatic carbocycles. The Hall–Kier alpha value is -0.900. The van der Waals surface area contributed by atoms with Crippen LogP contribution in [0.2, 0.25) is 0 Å². The molecule has 0 unspecified atom stereocenters. The van der Waals surface area contributed by atoms with Crippen LogP contribution < -0.4 is 5.32 Å². The lowest BCUT2D eigenvalue weighted by Crippen LogP contribution is -2.32. The molecule has 0 amide bonds. The fourth-order valence-corrected chi connectivity index (χ4v) is 2.68. The number of likely N-dealkylation sites (N-methyl/N-ethyl adjacent to an activating group) is 1. The highest BCUT2D eigenvalue weighted by Crippen LogP contribution is 2.21. The van der Waals surface area contributed by atoms with Crippen molar-refractivity contribution in [3.8, 4) is 0 Å². The summed E-state index contributed by atoms with van der Waals surface area (Å²) in [6.07, 6.45) is 0. The normalized spacial score (nSPS) is 11.7. The van der Waals surface area contributed by atoms with Gasteiger partial charge >= 0.3 is 0 Å². The monoisotopic (exact) mass is 334 g/mol. The Bertz CT molecular complexity index is 566. The van der Waals surface area contributed by atoms with Crippen LogP contribution in [0.3, 0.4) is 0 Å². The highest BCUT2D eigenvalue weighted by Gasteiger charge is 2.02. The number of halogens is 1. The maximum atomic E-state index is 3.52. The predicted molar refractivity (Wildman–Crippen MR) is 91.1 cm³/mol. The molecule has 2 rings (SSSR count). The zero-order valence-electron chi connectivity index (χ0n) is 12.5. The maximum Gasteiger partial charge on any atom is 0.0231 e. The second-order valence-electron chi connectivity index (χ2n) is 5.67. The number of fused-ring (bicyclic) bond motifs is 1. The summed E-state index contributed by atoms with van der Waals surface area (Å²) in [6.45, 7) is 7.46. The molecule has 3 heteroatoms. The van der Waals surface area contributed by atoms with Gasteiger partial charge in [-0.05, 0) is 41.6 Å². The van der Waals surface area contributed by atoms with Gasteiger partial charge in [0.15, 0.2) is 0 Å². The average Bonchev–Trinajstić information content (AvgIpc) is 2.38. The maximum absolute atomic E-state index is 3.52. The van der Waals surface area contributed by atoms with Crippen molar-refractivity contribution in [2.24, 2.45) is 0 Å². The van der Waals surface area contributed by atoms with Crippen molar-refractivity contribution in [2.45, 2.75) is 26.4 Å². The minimum Gasteiger partial charge on any atom is -0.313 e. The third-order valence-electron chi connectivity index (χ3n) is 3.37. The number of nitrogens with zero attached hydrogens (tertiary/aromatic N) is 1. The topological polar surface area (TPSA) is 15.3 Å². The predicted octanol–water partition coefficient (Wildman–Crippen LogP) is 4.03. The van der Waals surface area contributed by atoms with E-state index >= 15 is 0 Å². The summed E-state index contributed by atoms with van der Waals surface area (Å²) < 4.78 is 1.13. The molecule has 0 atom stereocenters. The van der Waals surface area contributed by atoms with E-state index in [9.17, 15) is 0 Å². The molecule has 2 aromatic carbocycles. The number of benzene rings is 2. The zero-order chi connectivity index (χ0) is 14.5. The Balaban J connectivity index is 1.97. The van der Waals surface area contributed by atoms with Crippen LogP contribution in [0.1, 0.15) is 19.4 Å². The van der Waals surface area contributed by atoms with Gasteiger partial charge < -0.3 is 10.2 Å². The molecular formula is C17H23BrN2. The standard InChI is InChI=1S/C17H23BrN2/c1-13(2)19-8-9-20(3)12-14-4-5-16-11-17(18)7-6-15(16)10-14/h4-7,10-11,13,19H,8-9,12H2,1-3H3. The molecule has 0 aliphatic rings. The van der Waals surface area contributed by atoms with Crippen LogP contribution in [0.4, 0.5) is 0 Å².